The molecule has 0 unspecified atom stereocenters. The lowest BCUT2D eigenvalue weighted by Crippen LogP contribution is -2.13. The molecule has 0 aliphatic carbocycles. The van der Waals surface area contributed by atoms with Crippen molar-refractivity contribution in [3.05, 3.63) is 72.4 Å². The van der Waals surface area contributed by atoms with Gasteiger partial charge in [0.05, 0.1) is 17.6 Å². The molecule has 0 aromatic carbocycles. The van der Waals surface area contributed by atoms with E-state index in [-0.39, 0.29) is 11.4 Å². The summed E-state index contributed by atoms with van der Waals surface area (Å²) in [6, 6.07) is 11.5. The zero-order valence-electron chi connectivity index (χ0n) is 13.9. The summed E-state index contributed by atoms with van der Waals surface area (Å²) in [5, 5.41) is 0. The summed E-state index contributed by atoms with van der Waals surface area (Å²) in [6.07, 6.45) is 2.01. The van der Waals surface area contributed by atoms with Gasteiger partial charge in [0.2, 0.25) is 0 Å². The summed E-state index contributed by atoms with van der Waals surface area (Å²) < 4.78 is 27.6. The number of imidazole rings is 1. The van der Waals surface area contributed by atoms with Crippen LogP contribution in [0.1, 0.15) is 22.6 Å². The molecule has 8 heteroatoms. The number of nitrogens with zero attached hydrogens (tertiary/aromatic N) is 4. The van der Waals surface area contributed by atoms with E-state index in [1.54, 1.807) is 41.1 Å². The first-order valence-corrected chi connectivity index (χ1v) is 8.02. The van der Waals surface area contributed by atoms with E-state index in [9.17, 15) is 13.6 Å². The van der Waals surface area contributed by atoms with Crippen LogP contribution in [0.4, 0.5) is 8.78 Å². The van der Waals surface area contributed by atoms with Gasteiger partial charge in [0.1, 0.15) is 17.0 Å². The van der Waals surface area contributed by atoms with Crippen LogP contribution < -0.4 is 5.73 Å². The number of aromatic nitrogens is 4. The maximum atomic E-state index is 13.0. The predicted octanol–water partition coefficient (Wildman–Crippen LogP) is 3.49. The van der Waals surface area contributed by atoms with Gasteiger partial charge in [0.15, 0.2) is 0 Å². The van der Waals surface area contributed by atoms with Crippen LogP contribution in [0.2, 0.25) is 0 Å². The Balaban J connectivity index is 1.89. The number of hydrogen-bond acceptors (Lipinski definition) is 4. The summed E-state index contributed by atoms with van der Waals surface area (Å²) in [6.45, 7) is 0. The smallest absolute Gasteiger partial charge is 0.280 e. The molecule has 4 rings (SSSR count). The van der Waals surface area contributed by atoms with Crippen LogP contribution in [0, 0.1) is 0 Å². The largest absolute Gasteiger partial charge is 0.364 e. The summed E-state index contributed by atoms with van der Waals surface area (Å²) in [5.74, 6) is -0.600. The van der Waals surface area contributed by atoms with Crippen molar-refractivity contribution in [2.45, 2.75) is 6.43 Å². The van der Waals surface area contributed by atoms with Crippen LogP contribution in [0.15, 0.2) is 61.1 Å². The average Bonchev–Trinajstić information content (AvgIpc) is 3.11. The third-order valence-corrected chi connectivity index (χ3v) is 4.11. The summed E-state index contributed by atoms with van der Waals surface area (Å²) in [7, 11) is 0. The van der Waals surface area contributed by atoms with Crippen molar-refractivity contribution >= 4 is 11.6 Å². The SMILES string of the molecule is NC(=O)c1cnc2ccc(-c3cccnc3-c3cccc(C(F)F)n3)cn12. The van der Waals surface area contributed by atoms with Gasteiger partial charge >= 0.3 is 0 Å². The fourth-order valence-corrected chi connectivity index (χ4v) is 2.87. The first kappa shape index (κ1) is 16.8. The highest BCUT2D eigenvalue weighted by molar-refractivity contribution is 5.92. The van der Waals surface area contributed by atoms with Crippen molar-refractivity contribution in [2.24, 2.45) is 5.73 Å². The number of amides is 1. The molecule has 0 aliphatic rings. The number of pyridine rings is 3. The van der Waals surface area contributed by atoms with Gasteiger partial charge in [0, 0.05) is 23.5 Å². The normalized spacial score (nSPS) is 11.2. The van der Waals surface area contributed by atoms with Crippen LogP contribution in [-0.4, -0.2) is 25.3 Å². The van der Waals surface area contributed by atoms with Gasteiger partial charge in [-0.05, 0) is 30.3 Å². The molecule has 0 saturated heterocycles. The summed E-state index contributed by atoms with van der Waals surface area (Å²) in [4.78, 5) is 24.1. The van der Waals surface area contributed by atoms with Gasteiger partial charge in [0.25, 0.3) is 12.3 Å². The van der Waals surface area contributed by atoms with E-state index in [0.29, 0.717) is 22.6 Å². The molecule has 0 radical (unpaired) electrons. The number of alkyl halides is 2. The van der Waals surface area contributed by atoms with E-state index in [4.69, 9.17) is 5.73 Å². The highest BCUT2D eigenvalue weighted by Crippen LogP contribution is 2.30. The Kier molecular flexibility index (Phi) is 4.08. The van der Waals surface area contributed by atoms with Crippen molar-refractivity contribution in [1.82, 2.24) is 19.4 Å². The Morgan fingerprint density at radius 3 is 2.70 bits per heavy atom. The van der Waals surface area contributed by atoms with Gasteiger partial charge in [-0.2, -0.15) is 0 Å². The van der Waals surface area contributed by atoms with Crippen LogP contribution in [0.5, 0.6) is 0 Å². The highest BCUT2D eigenvalue weighted by atomic mass is 19.3. The van der Waals surface area contributed by atoms with Gasteiger partial charge < -0.3 is 5.73 Å². The first-order valence-electron chi connectivity index (χ1n) is 8.02. The lowest BCUT2D eigenvalue weighted by molar-refractivity contribution is 0.0994. The minimum Gasteiger partial charge on any atom is -0.364 e. The van der Waals surface area contributed by atoms with Gasteiger partial charge in [-0.25, -0.2) is 18.7 Å². The maximum Gasteiger partial charge on any atom is 0.280 e. The number of halogens is 2. The predicted molar refractivity (Wildman–Crippen MR) is 95.1 cm³/mol. The van der Waals surface area contributed by atoms with E-state index >= 15 is 0 Å². The van der Waals surface area contributed by atoms with Crippen molar-refractivity contribution in [2.75, 3.05) is 0 Å². The lowest BCUT2D eigenvalue weighted by atomic mass is 10.0. The van der Waals surface area contributed by atoms with Crippen LogP contribution in [0.3, 0.4) is 0 Å². The third kappa shape index (κ3) is 3.01. The molecule has 0 atom stereocenters. The molecular weight excluding hydrogens is 352 g/mol. The number of primary amides is 1. The quantitative estimate of drug-likeness (QED) is 0.600. The molecule has 4 heterocycles. The second-order valence-corrected chi connectivity index (χ2v) is 5.80. The molecule has 0 fully saturated rings. The Labute approximate surface area is 152 Å². The van der Waals surface area contributed by atoms with Gasteiger partial charge in [-0.15, -0.1) is 0 Å². The first-order chi connectivity index (χ1) is 13.0. The summed E-state index contributed by atoms with van der Waals surface area (Å²) >= 11 is 0. The molecular formula is C19H13F2N5O. The molecule has 4 aromatic heterocycles. The van der Waals surface area contributed by atoms with E-state index in [2.05, 4.69) is 15.0 Å². The lowest BCUT2D eigenvalue weighted by Gasteiger charge is -2.10. The van der Waals surface area contributed by atoms with Crippen molar-refractivity contribution in [3.63, 3.8) is 0 Å². The van der Waals surface area contributed by atoms with E-state index < -0.39 is 12.3 Å². The van der Waals surface area contributed by atoms with E-state index in [0.717, 1.165) is 5.56 Å². The Bertz CT molecular complexity index is 1160. The maximum absolute atomic E-state index is 13.0. The molecule has 4 aromatic rings. The molecule has 0 saturated carbocycles. The average molecular weight is 365 g/mol. The minimum atomic E-state index is -2.67. The fraction of sp³-hybridized carbons (Fsp3) is 0.0526. The van der Waals surface area contributed by atoms with Crippen molar-refractivity contribution in [3.8, 4) is 22.5 Å². The van der Waals surface area contributed by atoms with Gasteiger partial charge in [-0.3, -0.25) is 14.2 Å². The number of nitrogens with two attached hydrogens (primary N) is 1. The number of rotatable bonds is 4. The fourth-order valence-electron chi connectivity index (χ4n) is 2.87. The molecule has 6 nitrogen and oxygen atoms in total. The zero-order chi connectivity index (χ0) is 19.0. The second kappa shape index (κ2) is 6.56. The third-order valence-electron chi connectivity index (χ3n) is 4.11. The number of carbonyl (C=O) groups excluding carboxylic acids is 1. The van der Waals surface area contributed by atoms with Crippen LogP contribution in [0.25, 0.3) is 28.2 Å². The van der Waals surface area contributed by atoms with E-state index in [1.807, 2.05) is 6.07 Å². The Morgan fingerprint density at radius 2 is 1.93 bits per heavy atom. The van der Waals surface area contributed by atoms with Crippen LogP contribution >= 0.6 is 0 Å². The molecule has 0 aliphatic heterocycles. The summed E-state index contributed by atoms with van der Waals surface area (Å²) in [5.41, 5.74) is 8.08. The molecule has 134 valence electrons. The van der Waals surface area contributed by atoms with Crippen molar-refractivity contribution < 1.29 is 13.6 Å². The highest BCUT2D eigenvalue weighted by Gasteiger charge is 2.15. The Morgan fingerprint density at radius 1 is 1.07 bits per heavy atom. The molecule has 0 bridgehead atoms. The van der Waals surface area contributed by atoms with Gasteiger partial charge in [-0.1, -0.05) is 12.1 Å². The Hall–Kier alpha value is -3.68. The topological polar surface area (TPSA) is 86.2 Å². The minimum absolute atomic E-state index is 0.245. The number of hydrogen-bond donors (Lipinski definition) is 1. The molecule has 1 amide bonds. The molecule has 2 N–H and O–H groups in total. The monoisotopic (exact) mass is 365 g/mol. The van der Waals surface area contributed by atoms with Crippen molar-refractivity contribution in [1.29, 1.82) is 0 Å². The molecule has 27 heavy (non-hydrogen) atoms. The number of fused-ring (bicyclic) bond motifs is 1. The molecule has 0 spiro atoms. The zero-order valence-corrected chi connectivity index (χ0v) is 13.9. The van der Waals surface area contributed by atoms with Crippen LogP contribution in [-0.2, 0) is 0 Å². The van der Waals surface area contributed by atoms with E-state index in [1.165, 1.54) is 18.3 Å². The standard InChI is InChI=1S/C19H13F2N5O/c20-18(21)14-5-1-4-13(25-14)17-12(3-2-8-23-17)11-6-7-16-24-9-15(19(22)27)26(16)10-11/h1-10,18H,(H2,22,27). The number of carbonyl (C=O) groups is 1. The second-order valence-electron chi connectivity index (χ2n) is 5.80.